The molecule has 1 N–H and O–H groups in total. The highest BCUT2D eigenvalue weighted by Crippen LogP contribution is 2.31. The fourth-order valence-electron chi connectivity index (χ4n) is 3.62. The topological polar surface area (TPSA) is 128 Å². The number of hydrogen-bond donors (Lipinski definition) is 1. The third-order valence-electron chi connectivity index (χ3n) is 5.58. The highest BCUT2D eigenvalue weighted by atomic mass is 35.5. The Morgan fingerprint density at radius 2 is 1.78 bits per heavy atom. The maximum Gasteiger partial charge on any atom is 0.335 e. The van der Waals surface area contributed by atoms with E-state index in [9.17, 15) is 24.5 Å². The number of nitrogens with zero attached hydrogens (tertiary/aromatic N) is 2. The zero-order valence-electron chi connectivity index (χ0n) is 19.7. The van der Waals surface area contributed by atoms with E-state index in [4.69, 9.17) is 21.1 Å². The van der Waals surface area contributed by atoms with Gasteiger partial charge in [-0.25, -0.2) is 9.69 Å². The number of carbonyl (C=O) groups is 3. The van der Waals surface area contributed by atoms with Crippen LogP contribution in [0.25, 0.3) is 6.08 Å². The smallest absolute Gasteiger partial charge is 0.335 e. The van der Waals surface area contributed by atoms with Crippen LogP contribution in [0.2, 0.25) is 5.02 Å². The average Bonchev–Trinajstić information content (AvgIpc) is 2.87. The zero-order valence-corrected chi connectivity index (χ0v) is 20.4. The van der Waals surface area contributed by atoms with Gasteiger partial charge in [-0.3, -0.25) is 25.0 Å². The minimum atomic E-state index is -0.887. The number of rotatable bonds is 7. The fourth-order valence-corrected chi connectivity index (χ4v) is 3.78. The molecule has 0 saturated carbocycles. The lowest BCUT2D eigenvalue weighted by Crippen LogP contribution is -2.54. The quantitative estimate of drug-likeness (QED) is 0.204. The summed E-state index contributed by atoms with van der Waals surface area (Å²) in [6.45, 7) is 1.76. The molecule has 4 amide bonds. The minimum absolute atomic E-state index is 0.0494. The Morgan fingerprint density at radius 3 is 2.46 bits per heavy atom. The first kappa shape index (κ1) is 25.4. The SMILES string of the molecule is COc1ccc(/C=C2\C(=O)NC(=O)N(c3cc(Cl)ccc3C)C2=O)c(OCc2ccc([N+](=O)[O-])cc2)c1. The van der Waals surface area contributed by atoms with Crippen molar-refractivity contribution in [2.45, 2.75) is 13.5 Å². The normalized spacial score (nSPS) is 14.5. The van der Waals surface area contributed by atoms with Gasteiger partial charge in [-0.05, 0) is 60.5 Å². The Hall–Kier alpha value is -4.70. The molecule has 37 heavy (non-hydrogen) atoms. The van der Waals surface area contributed by atoms with Crippen molar-refractivity contribution in [2.24, 2.45) is 0 Å². The first-order chi connectivity index (χ1) is 17.7. The van der Waals surface area contributed by atoms with Gasteiger partial charge in [-0.1, -0.05) is 17.7 Å². The summed E-state index contributed by atoms with van der Waals surface area (Å²) in [5.41, 5.74) is 1.55. The third-order valence-corrected chi connectivity index (χ3v) is 5.81. The number of aryl methyl sites for hydroxylation is 1. The molecule has 1 aliphatic heterocycles. The third kappa shape index (κ3) is 5.44. The number of halogens is 1. The highest BCUT2D eigenvalue weighted by molar-refractivity contribution is 6.39. The van der Waals surface area contributed by atoms with Crippen LogP contribution in [0.4, 0.5) is 16.2 Å². The van der Waals surface area contributed by atoms with E-state index in [-0.39, 0.29) is 29.3 Å². The Labute approximate surface area is 216 Å². The van der Waals surface area contributed by atoms with Crippen LogP contribution < -0.4 is 19.7 Å². The number of amides is 4. The van der Waals surface area contributed by atoms with Crippen molar-refractivity contribution in [2.75, 3.05) is 12.0 Å². The molecule has 1 saturated heterocycles. The summed E-state index contributed by atoms with van der Waals surface area (Å²) in [4.78, 5) is 49.8. The maximum atomic E-state index is 13.3. The molecule has 188 valence electrons. The Balaban J connectivity index is 1.68. The van der Waals surface area contributed by atoms with Gasteiger partial charge in [0.25, 0.3) is 17.5 Å². The second-order valence-corrected chi connectivity index (χ2v) is 8.44. The number of nitrogens with one attached hydrogen (secondary N) is 1. The maximum absolute atomic E-state index is 13.3. The van der Waals surface area contributed by atoms with Crippen molar-refractivity contribution in [3.8, 4) is 11.5 Å². The molecule has 0 aromatic heterocycles. The van der Waals surface area contributed by atoms with Crippen LogP contribution in [-0.4, -0.2) is 29.9 Å². The number of methoxy groups -OCH3 is 1. The molecule has 0 radical (unpaired) electrons. The van der Waals surface area contributed by atoms with Gasteiger partial charge in [0.1, 0.15) is 23.7 Å². The van der Waals surface area contributed by atoms with Gasteiger partial charge in [-0.15, -0.1) is 0 Å². The molecule has 3 aromatic carbocycles. The summed E-state index contributed by atoms with van der Waals surface area (Å²) in [5, 5.41) is 13.4. The number of anilines is 1. The van der Waals surface area contributed by atoms with Crippen molar-refractivity contribution in [3.05, 3.63) is 98.1 Å². The first-order valence-electron chi connectivity index (χ1n) is 10.9. The molecule has 0 atom stereocenters. The summed E-state index contributed by atoms with van der Waals surface area (Å²) in [7, 11) is 1.47. The molecule has 1 aliphatic rings. The van der Waals surface area contributed by atoms with Crippen LogP contribution in [0, 0.1) is 17.0 Å². The lowest BCUT2D eigenvalue weighted by Gasteiger charge is -2.27. The number of nitro benzene ring substituents is 1. The summed E-state index contributed by atoms with van der Waals surface area (Å²) in [6, 6.07) is 14.5. The number of urea groups is 1. The van der Waals surface area contributed by atoms with E-state index < -0.39 is 22.8 Å². The van der Waals surface area contributed by atoms with Crippen LogP contribution in [-0.2, 0) is 16.2 Å². The van der Waals surface area contributed by atoms with Crippen LogP contribution >= 0.6 is 11.6 Å². The molecule has 3 aromatic rings. The Kier molecular flexibility index (Phi) is 7.21. The molecule has 0 aliphatic carbocycles. The van der Waals surface area contributed by atoms with Gasteiger partial charge < -0.3 is 9.47 Å². The second kappa shape index (κ2) is 10.5. The minimum Gasteiger partial charge on any atom is -0.497 e. The van der Waals surface area contributed by atoms with Gasteiger partial charge >= 0.3 is 6.03 Å². The van der Waals surface area contributed by atoms with Gasteiger partial charge in [-0.2, -0.15) is 0 Å². The Morgan fingerprint density at radius 1 is 1.05 bits per heavy atom. The van der Waals surface area contributed by atoms with Gasteiger partial charge in [0.2, 0.25) is 0 Å². The van der Waals surface area contributed by atoms with E-state index in [1.807, 2.05) is 0 Å². The number of imide groups is 2. The lowest BCUT2D eigenvalue weighted by molar-refractivity contribution is -0.384. The van der Waals surface area contributed by atoms with Crippen LogP contribution in [0.3, 0.4) is 0 Å². The van der Waals surface area contributed by atoms with Crippen molar-refractivity contribution < 1.29 is 28.8 Å². The van der Waals surface area contributed by atoms with E-state index in [1.54, 1.807) is 49.4 Å². The predicted octanol–water partition coefficient (Wildman–Crippen LogP) is 4.81. The fraction of sp³-hybridized carbons (Fsp3) is 0.115. The molecule has 11 heteroatoms. The summed E-state index contributed by atoms with van der Waals surface area (Å²) < 4.78 is 11.2. The standard InChI is InChI=1S/C26H20ClN3O7/c1-15-3-7-18(27)12-22(15)29-25(32)21(24(31)28-26(29)33)11-17-6-10-20(36-2)13-23(17)37-14-16-4-8-19(9-5-16)30(34)35/h3-13H,14H2,1-2H3,(H,28,31,33)/b21-11+. The molecule has 10 nitrogen and oxygen atoms in total. The van der Waals surface area contributed by atoms with Crippen molar-refractivity contribution in [3.63, 3.8) is 0 Å². The average molecular weight is 522 g/mol. The number of hydrogen-bond acceptors (Lipinski definition) is 7. The van der Waals surface area contributed by atoms with E-state index in [0.717, 1.165) is 4.90 Å². The predicted molar refractivity (Wildman–Crippen MR) is 136 cm³/mol. The summed E-state index contributed by atoms with van der Waals surface area (Å²) in [6.07, 6.45) is 1.32. The van der Waals surface area contributed by atoms with Gasteiger partial charge in [0.05, 0.1) is 17.7 Å². The molecule has 0 spiro atoms. The van der Waals surface area contributed by atoms with Crippen molar-refractivity contribution in [1.82, 2.24) is 5.32 Å². The van der Waals surface area contributed by atoms with Crippen LogP contribution in [0.5, 0.6) is 11.5 Å². The summed E-state index contributed by atoms with van der Waals surface area (Å²) >= 11 is 6.07. The van der Waals surface area contributed by atoms with Crippen LogP contribution in [0.1, 0.15) is 16.7 Å². The summed E-state index contributed by atoms with van der Waals surface area (Å²) in [5.74, 6) is -0.931. The number of ether oxygens (including phenoxy) is 2. The number of non-ortho nitro benzene ring substituents is 1. The number of benzene rings is 3. The first-order valence-corrected chi connectivity index (χ1v) is 11.3. The van der Waals surface area contributed by atoms with Gasteiger partial charge in [0.15, 0.2) is 0 Å². The molecular formula is C26H20ClN3O7. The zero-order chi connectivity index (χ0) is 26.7. The second-order valence-electron chi connectivity index (χ2n) is 8.00. The monoisotopic (exact) mass is 521 g/mol. The highest BCUT2D eigenvalue weighted by Gasteiger charge is 2.37. The molecule has 0 unspecified atom stereocenters. The molecule has 1 heterocycles. The number of carbonyl (C=O) groups excluding carboxylic acids is 3. The van der Waals surface area contributed by atoms with E-state index in [1.165, 1.54) is 31.4 Å². The van der Waals surface area contributed by atoms with Crippen molar-refractivity contribution in [1.29, 1.82) is 0 Å². The van der Waals surface area contributed by atoms with E-state index >= 15 is 0 Å². The molecule has 4 rings (SSSR count). The number of barbiturate groups is 1. The van der Waals surface area contributed by atoms with Crippen LogP contribution in [0.15, 0.2) is 66.2 Å². The largest absolute Gasteiger partial charge is 0.497 e. The van der Waals surface area contributed by atoms with Gasteiger partial charge in [0, 0.05) is 28.8 Å². The lowest BCUT2D eigenvalue weighted by atomic mass is 10.0. The van der Waals surface area contributed by atoms with Crippen molar-refractivity contribution >= 4 is 46.9 Å². The molecule has 1 fully saturated rings. The molecule has 0 bridgehead atoms. The molecular weight excluding hydrogens is 502 g/mol. The number of nitro groups is 1. The van der Waals surface area contributed by atoms with E-state index in [0.29, 0.717) is 27.5 Å². The Bertz CT molecular complexity index is 1450. The van der Waals surface area contributed by atoms with E-state index in [2.05, 4.69) is 5.32 Å².